The number of hydrogen-bond acceptors (Lipinski definition) is 5. The second kappa shape index (κ2) is 5.66. The maximum atomic E-state index is 12.2. The molecule has 0 unspecified atom stereocenters. The summed E-state index contributed by atoms with van der Waals surface area (Å²) in [5.41, 5.74) is 0.694. The lowest BCUT2D eigenvalue weighted by molar-refractivity contribution is -0.384. The predicted octanol–water partition coefficient (Wildman–Crippen LogP) is 2.75. The van der Waals surface area contributed by atoms with E-state index in [1.807, 2.05) is 0 Å². The Kier molecular flexibility index (Phi) is 4.10. The van der Waals surface area contributed by atoms with Crippen LogP contribution >= 0.6 is 11.6 Å². The van der Waals surface area contributed by atoms with Gasteiger partial charge >= 0.3 is 0 Å². The molecule has 1 aromatic heterocycles. The molecule has 0 radical (unpaired) electrons. The van der Waals surface area contributed by atoms with Gasteiger partial charge in [-0.25, -0.2) is 13.4 Å². The third-order valence-corrected chi connectivity index (χ3v) is 4.26. The number of nitro groups is 1. The molecular formula is C12H10ClN3O4S. The summed E-state index contributed by atoms with van der Waals surface area (Å²) in [6.07, 6.45) is 1.51. The van der Waals surface area contributed by atoms with Crippen molar-refractivity contribution in [2.45, 2.75) is 11.8 Å². The van der Waals surface area contributed by atoms with E-state index in [4.69, 9.17) is 11.6 Å². The topological polar surface area (TPSA) is 102 Å². The minimum Gasteiger partial charge on any atom is -0.276 e. The normalized spacial score (nSPS) is 11.1. The summed E-state index contributed by atoms with van der Waals surface area (Å²) < 4.78 is 26.7. The highest BCUT2D eigenvalue weighted by Crippen LogP contribution is 2.24. The van der Waals surface area contributed by atoms with Crippen LogP contribution in [0, 0.1) is 17.0 Å². The molecule has 0 aliphatic carbocycles. The highest BCUT2D eigenvalue weighted by Gasteiger charge is 2.17. The first-order chi connectivity index (χ1) is 9.79. The number of nitro benzene ring substituents is 1. The number of benzene rings is 1. The number of pyridine rings is 1. The van der Waals surface area contributed by atoms with E-state index in [9.17, 15) is 18.5 Å². The van der Waals surface area contributed by atoms with Crippen LogP contribution in [0.3, 0.4) is 0 Å². The molecule has 0 bridgehead atoms. The summed E-state index contributed by atoms with van der Waals surface area (Å²) in [5, 5.41) is 10.6. The van der Waals surface area contributed by atoms with E-state index < -0.39 is 14.9 Å². The molecule has 0 spiro atoms. The van der Waals surface area contributed by atoms with Crippen LogP contribution in [0.2, 0.25) is 5.15 Å². The summed E-state index contributed by atoms with van der Waals surface area (Å²) in [4.78, 5) is 13.7. The molecule has 0 saturated carbocycles. The van der Waals surface area contributed by atoms with Gasteiger partial charge in [-0.15, -0.1) is 0 Å². The minimum absolute atomic E-state index is 0.0195. The highest BCUT2D eigenvalue weighted by atomic mass is 35.5. The number of hydrogen-bond donors (Lipinski definition) is 1. The molecule has 1 heterocycles. The van der Waals surface area contributed by atoms with Crippen LogP contribution in [-0.4, -0.2) is 18.3 Å². The van der Waals surface area contributed by atoms with E-state index in [-0.39, 0.29) is 21.4 Å². The zero-order chi connectivity index (χ0) is 15.6. The van der Waals surface area contributed by atoms with Gasteiger partial charge < -0.3 is 0 Å². The molecule has 0 fully saturated rings. The molecule has 0 amide bonds. The number of nitrogens with zero attached hydrogens (tertiary/aromatic N) is 2. The van der Waals surface area contributed by atoms with Crippen LogP contribution in [0.25, 0.3) is 0 Å². The third-order valence-electron chi connectivity index (χ3n) is 2.58. The van der Waals surface area contributed by atoms with E-state index in [0.717, 1.165) is 29.8 Å². The Morgan fingerprint density at radius 2 is 1.90 bits per heavy atom. The monoisotopic (exact) mass is 327 g/mol. The standard InChI is InChI=1S/C12H10ClN3O4S/c1-8-6-11(12(13)14-7-8)15-21(19,20)10-4-2-9(3-5-10)16(17)18/h2-7,15H,1H3. The molecule has 110 valence electrons. The Hall–Kier alpha value is -2.19. The van der Waals surface area contributed by atoms with Crippen molar-refractivity contribution >= 4 is 33.0 Å². The predicted molar refractivity (Wildman–Crippen MR) is 77.9 cm³/mol. The van der Waals surface area contributed by atoms with Gasteiger partial charge in [0.05, 0.1) is 15.5 Å². The van der Waals surface area contributed by atoms with Crippen LogP contribution in [-0.2, 0) is 10.0 Å². The third kappa shape index (κ3) is 3.47. The number of nitrogens with one attached hydrogen (secondary N) is 1. The number of aryl methyl sites for hydroxylation is 1. The van der Waals surface area contributed by atoms with Gasteiger partial charge in [-0.3, -0.25) is 14.8 Å². The summed E-state index contributed by atoms with van der Waals surface area (Å²) in [5.74, 6) is 0. The molecule has 2 aromatic rings. The average Bonchev–Trinajstić information content (AvgIpc) is 2.43. The van der Waals surface area contributed by atoms with E-state index in [1.165, 1.54) is 12.3 Å². The number of non-ortho nitro benzene ring substituents is 1. The SMILES string of the molecule is Cc1cnc(Cl)c(NS(=O)(=O)c2ccc([N+](=O)[O-])cc2)c1. The second-order valence-corrected chi connectivity index (χ2v) is 6.25. The number of aromatic nitrogens is 1. The first-order valence-corrected chi connectivity index (χ1v) is 7.55. The van der Waals surface area contributed by atoms with E-state index in [0.29, 0.717) is 0 Å². The van der Waals surface area contributed by atoms with Crippen molar-refractivity contribution in [1.29, 1.82) is 0 Å². The van der Waals surface area contributed by atoms with Crippen LogP contribution in [0.4, 0.5) is 11.4 Å². The quantitative estimate of drug-likeness (QED) is 0.528. The molecule has 0 saturated heterocycles. The van der Waals surface area contributed by atoms with Gasteiger partial charge in [-0.1, -0.05) is 11.6 Å². The zero-order valence-corrected chi connectivity index (χ0v) is 12.4. The van der Waals surface area contributed by atoms with E-state index in [1.54, 1.807) is 6.92 Å². The first kappa shape index (κ1) is 15.2. The van der Waals surface area contributed by atoms with Gasteiger partial charge in [0, 0.05) is 18.3 Å². The number of sulfonamides is 1. The second-order valence-electron chi connectivity index (χ2n) is 4.21. The van der Waals surface area contributed by atoms with Crippen molar-refractivity contribution in [2.24, 2.45) is 0 Å². The number of halogens is 1. The summed E-state index contributed by atoms with van der Waals surface area (Å²) >= 11 is 5.83. The number of anilines is 1. The Labute approximate surface area is 125 Å². The van der Waals surface area contributed by atoms with Gasteiger partial charge in [0.15, 0.2) is 5.15 Å². The molecule has 7 nitrogen and oxygen atoms in total. The van der Waals surface area contributed by atoms with Crippen molar-refractivity contribution < 1.29 is 13.3 Å². The van der Waals surface area contributed by atoms with Crippen LogP contribution in [0.1, 0.15) is 5.56 Å². The Bertz CT molecular complexity index is 791. The molecule has 9 heteroatoms. The van der Waals surface area contributed by atoms with Crippen LogP contribution < -0.4 is 4.72 Å². The fourth-order valence-corrected chi connectivity index (χ4v) is 2.84. The lowest BCUT2D eigenvalue weighted by Crippen LogP contribution is -2.13. The smallest absolute Gasteiger partial charge is 0.269 e. The lowest BCUT2D eigenvalue weighted by Gasteiger charge is -2.09. The Morgan fingerprint density at radius 1 is 1.29 bits per heavy atom. The Morgan fingerprint density at radius 3 is 2.48 bits per heavy atom. The zero-order valence-electron chi connectivity index (χ0n) is 10.8. The van der Waals surface area contributed by atoms with Gasteiger partial charge in [0.25, 0.3) is 15.7 Å². The van der Waals surface area contributed by atoms with Gasteiger partial charge in [-0.05, 0) is 30.7 Å². The summed E-state index contributed by atoms with van der Waals surface area (Å²) in [7, 11) is -3.89. The summed E-state index contributed by atoms with van der Waals surface area (Å²) in [6, 6.07) is 6.07. The van der Waals surface area contributed by atoms with Crippen LogP contribution in [0.5, 0.6) is 0 Å². The first-order valence-electron chi connectivity index (χ1n) is 5.69. The van der Waals surface area contributed by atoms with Crippen LogP contribution in [0.15, 0.2) is 41.4 Å². The molecule has 1 aromatic carbocycles. The minimum atomic E-state index is -3.89. The molecule has 0 aliphatic rings. The molecule has 2 rings (SSSR count). The fourth-order valence-electron chi connectivity index (χ4n) is 1.57. The molecule has 21 heavy (non-hydrogen) atoms. The van der Waals surface area contributed by atoms with Crippen molar-refractivity contribution in [1.82, 2.24) is 4.98 Å². The average molecular weight is 328 g/mol. The maximum Gasteiger partial charge on any atom is 0.269 e. The summed E-state index contributed by atoms with van der Waals surface area (Å²) in [6.45, 7) is 1.74. The Balaban J connectivity index is 2.34. The molecule has 0 atom stereocenters. The largest absolute Gasteiger partial charge is 0.276 e. The van der Waals surface area contributed by atoms with Crippen molar-refractivity contribution in [3.8, 4) is 0 Å². The molecular weight excluding hydrogens is 318 g/mol. The fraction of sp³-hybridized carbons (Fsp3) is 0.0833. The maximum absolute atomic E-state index is 12.2. The molecule has 0 aliphatic heterocycles. The van der Waals surface area contributed by atoms with Crippen molar-refractivity contribution in [3.63, 3.8) is 0 Å². The van der Waals surface area contributed by atoms with Gasteiger partial charge in [0.1, 0.15) is 0 Å². The van der Waals surface area contributed by atoms with Gasteiger partial charge in [0.2, 0.25) is 0 Å². The van der Waals surface area contributed by atoms with Crippen molar-refractivity contribution in [2.75, 3.05) is 4.72 Å². The van der Waals surface area contributed by atoms with E-state index >= 15 is 0 Å². The lowest BCUT2D eigenvalue weighted by atomic mass is 10.3. The van der Waals surface area contributed by atoms with E-state index in [2.05, 4.69) is 9.71 Å². The van der Waals surface area contributed by atoms with Crippen molar-refractivity contribution in [3.05, 3.63) is 57.4 Å². The van der Waals surface area contributed by atoms with Gasteiger partial charge in [-0.2, -0.15) is 0 Å². The number of rotatable bonds is 4. The molecule has 1 N–H and O–H groups in total. The highest BCUT2D eigenvalue weighted by molar-refractivity contribution is 7.92.